The van der Waals surface area contributed by atoms with Crippen LogP contribution >= 0.6 is 0 Å². The molecule has 0 spiro atoms. The quantitative estimate of drug-likeness (QED) is 0.692. The maximum absolute atomic E-state index is 12.0. The van der Waals surface area contributed by atoms with Crippen LogP contribution in [0.5, 0.6) is 0 Å². The molecule has 4 N–H and O–H groups in total. The first kappa shape index (κ1) is 15.2. The van der Waals surface area contributed by atoms with E-state index in [1.165, 1.54) is 0 Å². The molecule has 19 heavy (non-hydrogen) atoms. The van der Waals surface area contributed by atoms with E-state index >= 15 is 0 Å². The van der Waals surface area contributed by atoms with Gasteiger partial charge in [0.05, 0.1) is 5.92 Å². The lowest BCUT2D eigenvalue weighted by molar-refractivity contribution is -0.142. The van der Waals surface area contributed by atoms with Crippen LogP contribution in [0.2, 0.25) is 0 Å². The highest BCUT2D eigenvalue weighted by Gasteiger charge is 2.25. The SMILES string of the molecule is CCCC(CN)C(=O)N[C@H](C(=O)O)c1ccccc1. The van der Waals surface area contributed by atoms with Crippen molar-refractivity contribution in [2.75, 3.05) is 6.54 Å². The summed E-state index contributed by atoms with van der Waals surface area (Å²) in [5.41, 5.74) is 6.09. The summed E-state index contributed by atoms with van der Waals surface area (Å²) in [6, 6.07) is 7.60. The molecule has 0 saturated carbocycles. The van der Waals surface area contributed by atoms with E-state index in [1.54, 1.807) is 30.3 Å². The number of carboxylic acid groups (broad SMARTS) is 1. The van der Waals surface area contributed by atoms with Crippen molar-refractivity contribution >= 4 is 11.9 Å². The highest BCUT2D eigenvalue weighted by Crippen LogP contribution is 2.14. The summed E-state index contributed by atoms with van der Waals surface area (Å²) < 4.78 is 0. The summed E-state index contributed by atoms with van der Waals surface area (Å²) >= 11 is 0. The van der Waals surface area contributed by atoms with E-state index in [4.69, 9.17) is 5.73 Å². The molecule has 0 heterocycles. The van der Waals surface area contributed by atoms with Gasteiger partial charge in [-0.1, -0.05) is 43.7 Å². The maximum atomic E-state index is 12.0. The third kappa shape index (κ3) is 4.37. The van der Waals surface area contributed by atoms with Gasteiger partial charge < -0.3 is 16.2 Å². The number of amides is 1. The second-order valence-corrected chi connectivity index (χ2v) is 4.41. The molecule has 1 aromatic carbocycles. The minimum Gasteiger partial charge on any atom is -0.479 e. The predicted molar refractivity (Wildman–Crippen MR) is 72.4 cm³/mol. The van der Waals surface area contributed by atoms with Crippen LogP contribution < -0.4 is 11.1 Å². The van der Waals surface area contributed by atoms with E-state index in [0.29, 0.717) is 12.0 Å². The van der Waals surface area contributed by atoms with Crippen molar-refractivity contribution in [1.29, 1.82) is 0 Å². The van der Waals surface area contributed by atoms with Crippen molar-refractivity contribution < 1.29 is 14.7 Å². The largest absolute Gasteiger partial charge is 0.479 e. The topological polar surface area (TPSA) is 92.4 Å². The third-order valence-corrected chi connectivity index (χ3v) is 2.96. The van der Waals surface area contributed by atoms with Gasteiger partial charge in [0.2, 0.25) is 5.91 Å². The number of benzene rings is 1. The van der Waals surface area contributed by atoms with Gasteiger partial charge in [-0.05, 0) is 12.0 Å². The molecule has 0 aromatic heterocycles. The van der Waals surface area contributed by atoms with Crippen LogP contribution in [0, 0.1) is 5.92 Å². The molecule has 1 rings (SSSR count). The Morgan fingerprint density at radius 1 is 1.32 bits per heavy atom. The van der Waals surface area contributed by atoms with Crippen molar-refractivity contribution in [3.63, 3.8) is 0 Å². The third-order valence-electron chi connectivity index (χ3n) is 2.96. The Bertz CT molecular complexity index is 420. The Kier molecular flexibility index (Phi) is 6.02. The lowest BCUT2D eigenvalue weighted by atomic mass is 10.0. The van der Waals surface area contributed by atoms with Crippen LogP contribution in [0.4, 0.5) is 0 Å². The van der Waals surface area contributed by atoms with E-state index < -0.39 is 12.0 Å². The number of carbonyl (C=O) groups excluding carboxylic acids is 1. The zero-order valence-corrected chi connectivity index (χ0v) is 11.0. The molecule has 0 aliphatic rings. The average molecular weight is 264 g/mol. The number of aliphatic carboxylic acids is 1. The van der Waals surface area contributed by atoms with Gasteiger partial charge in [-0.3, -0.25) is 4.79 Å². The second-order valence-electron chi connectivity index (χ2n) is 4.41. The molecule has 5 nitrogen and oxygen atoms in total. The average Bonchev–Trinajstić information content (AvgIpc) is 2.42. The van der Waals surface area contributed by atoms with E-state index in [1.807, 2.05) is 6.92 Å². The molecule has 0 aliphatic heterocycles. The van der Waals surface area contributed by atoms with Gasteiger partial charge in [-0.2, -0.15) is 0 Å². The number of nitrogens with two attached hydrogens (primary N) is 1. The normalized spacial score (nSPS) is 13.6. The van der Waals surface area contributed by atoms with Crippen LogP contribution in [-0.2, 0) is 9.59 Å². The van der Waals surface area contributed by atoms with Crippen LogP contribution in [0.25, 0.3) is 0 Å². The van der Waals surface area contributed by atoms with E-state index in [0.717, 1.165) is 6.42 Å². The number of hydrogen-bond donors (Lipinski definition) is 3. The molecule has 1 aromatic rings. The van der Waals surface area contributed by atoms with Crippen LogP contribution in [0.15, 0.2) is 30.3 Å². The summed E-state index contributed by atoms with van der Waals surface area (Å²) in [5, 5.41) is 11.8. The van der Waals surface area contributed by atoms with Gasteiger partial charge in [-0.15, -0.1) is 0 Å². The molecular formula is C14H20N2O3. The highest BCUT2D eigenvalue weighted by atomic mass is 16.4. The molecule has 5 heteroatoms. The van der Waals surface area contributed by atoms with Crippen LogP contribution in [-0.4, -0.2) is 23.5 Å². The monoisotopic (exact) mass is 264 g/mol. The lowest BCUT2D eigenvalue weighted by Crippen LogP contribution is -2.40. The van der Waals surface area contributed by atoms with Crippen molar-refractivity contribution in [2.24, 2.45) is 11.7 Å². The first-order chi connectivity index (χ1) is 9.10. The molecule has 0 bridgehead atoms. The van der Waals surface area contributed by atoms with Crippen molar-refractivity contribution in [2.45, 2.75) is 25.8 Å². The van der Waals surface area contributed by atoms with E-state index in [-0.39, 0.29) is 18.4 Å². The highest BCUT2D eigenvalue weighted by molar-refractivity contribution is 5.85. The Hall–Kier alpha value is -1.88. The van der Waals surface area contributed by atoms with Gasteiger partial charge in [0, 0.05) is 6.54 Å². The molecule has 1 amide bonds. The van der Waals surface area contributed by atoms with Crippen LogP contribution in [0.3, 0.4) is 0 Å². The summed E-state index contributed by atoms with van der Waals surface area (Å²) in [6.45, 7) is 2.18. The van der Waals surface area contributed by atoms with E-state index in [9.17, 15) is 14.7 Å². The Morgan fingerprint density at radius 2 is 1.95 bits per heavy atom. The summed E-state index contributed by atoms with van der Waals surface area (Å²) in [4.78, 5) is 23.3. The van der Waals surface area contributed by atoms with Gasteiger partial charge in [0.25, 0.3) is 0 Å². The zero-order valence-electron chi connectivity index (χ0n) is 11.0. The zero-order chi connectivity index (χ0) is 14.3. The van der Waals surface area contributed by atoms with E-state index in [2.05, 4.69) is 5.32 Å². The fourth-order valence-electron chi connectivity index (χ4n) is 1.90. The van der Waals surface area contributed by atoms with Gasteiger partial charge in [0.15, 0.2) is 6.04 Å². The molecule has 0 radical (unpaired) electrons. The summed E-state index contributed by atoms with van der Waals surface area (Å²) in [7, 11) is 0. The van der Waals surface area contributed by atoms with Crippen molar-refractivity contribution in [3.8, 4) is 0 Å². The molecule has 2 atom stereocenters. The maximum Gasteiger partial charge on any atom is 0.330 e. The summed E-state index contributed by atoms with van der Waals surface area (Å²) in [5.74, 6) is -1.72. The summed E-state index contributed by atoms with van der Waals surface area (Å²) in [6.07, 6.45) is 1.49. The first-order valence-electron chi connectivity index (χ1n) is 6.38. The molecule has 104 valence electrons. The van der Waals surface area contributed by atoms with Gasteiger partial charge >= 0.3 is 5.97 Å². The Labute approximate surface area is 112 Å². The smallest absolute Gasteiger partial charge is 0.330 e. The van der Waals surface area contributed by atoms with Gasteiger partial charge in [-0.25, -0.2) is 4.79 Å². The van der Waals surface area contributed by atoms with Crippen molar-refractivity contribution in [3.05, 3.63) is 35.9 Å². The molecule has 1 unspecified atom stereocenters. The molecular weight excluding hydrogens is 244 g/mol. The second kappa shape index (κ2) is 7.53. The van der Waals surface area contributed by atoms with Crippen molar-refractivity contribution in [1.82, 2.24) is 5.32 Å². The lowest BCUT2D eigenvalue weighted by Gasteiger charge is -2.19. The van der Waals surface area contributed by atoms with Gasteiger partial charge in [0.1, 0.15) is 0 Å². The number of carboxylic acids is 1. The molecule has 0 fully saturated rings. The number of nitrogens with one attached hydrogen (secondary N) is 1. The minimum atomic E-state index is -1.08. The molecule has 0 aliphatic carbocycles. The fraction of sp³-hybridized carbons (Fsp3) is 0.429. The first-order valence-corrected chi connectivity index (χ1v) is 6.38. The predicted octanol–water partition coefficient (Wildman–Crippen LogP) is 1.30. The van der Waals surface area contributed by atoms with Crippen LogP contribution in [0.1, 0.15) is 31.4 Å². The minimum absolute atomic E-state index is 0.223. The Morgan fingerprint density at radius 3 is 2.42 bits per heavy atom. The number of hydrogen-bond acceptors (Lipinski definition) is 3. The Balaban J connectivity index is 2.80. The number of carbonyl (C=O) groups is 2. The number of rotatable bonds is 7. The molecule has 0 saturated heterocycles. The standard InChI is InChI=1S/C14H20N2O3/c1-2-6-11(9-15)13(17)16-12(14(18)19)10-7-4-3-5-8-10/h3-5,7-8,11-12H,2,6,9,15H2,1H3,(H,16,17)(H,18,19)/t11?,12-/m0/s1. The fourth-order valence-corrected chi connectivity index (χ4v) is 1.90.